The predicted molar refractivity (Wildman–Crippen MR) is 96.0 cm³/mol. The maximum absolute atomic E-state index is 12.5. The summed E-state index contributed by atoms with van der Waals surface area (Å²) in [6, 6.07) is 0. The first-order valence-electron chi connectivity index (χ1n) is 8.86. The first kappa shape index (κ1) is 18.0. The number of rotatable bonds is 5. The Morgan fingerprint density at radius 1 is 1.39 bits per heavy atom. The van der Waals surface area contributed by atoms with Crippen molar-refractivity contribution in [2.24, 2.45) is 22.7 Å². The zero-order valence-electron chi connectivity index (χ0n) is 15.1. The molecule has 2 heteroatoms. The number of methoxy groups -OCH3 is 1. The maximum atomic E-state index is 12.5. The Morgan fingerprint density at radius 3 is 2.70 bits per heavy atom. The van der Waals surface area contributed by atoms with Crippen molar-refractivity contribution in [2.75, 3.05) is 7.11 Å². The SMILES string of the molecule is C=CC(=C)CC[C@H]1C(=C)CC[C@@H]2[C@]1(C)CCC[C@]2(C)C(=O)OC. The number of carbonyl (C=O) groups excluding carboxylic acids is 1. The van der Waals surface area contributed by atoms with Crippen molar-refractivity contribution in [3.63, 3.8) is 0 Å². The summed E-state index contributed by atoms with van der Waals surface area (Å²) in [4.78, 5) is 12.5. The molecule has 2 fully saturated rings. The Morgan fingerprint density at radius 2 is 2.09 bits per heavy atom. The summed E-state index contributed by atoms with van der Waals surface area (Å²) in [7, 11) is 1.52. The van der Waals surface area contributed by atoms with Gasteiger partial charge in [0.1, 0.15) is 0 Å². The van der Waals surface area contributed by atoms with Gasteiger partial charge in [-0.1, -0.05) is 50.3 Å². The molecule has 0 radical (unpaired) electrons. The molecule has 2 aliphatic carbocycles. The lowest BCUT2D eigenvalue weighted by Crippen LogP contribution is -2.53. The fourth-order valence-corrected chi connectivity index (χ4v) is 5.39. The molecular formula is C21H32O2. The Labute approximate surface area is 141 Å². The van der Waals surface area contributed by atoms with E-state index >= 15 is 0 Å². The minimum Gasteiger partial charge on any atom is -0.469 e. The van der Waals surface area contributed by atoms with E-state index in [9.17, 15) is 4.79 Å². The lowest BCUT2D eigenvalue weighted by atomic mass is 9.46. The van der Waals surface area contributed by atoms with Crippen molar-refractivity contribution in [3.8, 4) is 0 Å². The predicted octanol–water partition coefficient (Wildman–Crippen LogP) is 5.46. The molecule has 2 saturated carbocycles. The molecule has 0 aliphatic heterocycles. The van der Waals surface area contributed by atoms with E-state index in [1.54, 1.807) is 0 Å². The van der Waals surface area contributed by atoms with Crippen LogP contribution in [0, 0.1) is 22.7 Å². The van der Waals surface area contributed by atoms with Crippen LogP contribution in [0.5, 0.6) is 0 Å². The molecule has 0 amide bonds. The second kappa shape index (κ2) is 6.67. The van der Waals surface area contributed by atoms with Gasteiger partial charge < -0.3 is 4.74 Å². The van der Waals surface area contributed by atoms with Crippen LogP contribution < -0.4 is 0 Å². The van der Waals surface area contributed by atoms with Crippen molar-refractivity contribution < 1.29 is 9.53 Å². The van der Waals surface area contributed by atoms with E-state index in [2.05, 4.69) is 33.6 Å². The summed E-state index contributed by atoms with van der Waals surface area (Å²) >= 11 is 0. The number of fused-ring (bicyclic) bond motifs is 1. The largest absolute Gasteiger partial charge is 0.469 e. The highest BCUT2D eigenvalue weighted by molar-refractivity contribution is 5.77. The van der Waals surface area contributed by atoms with Crippen LogP contribution in [0.15, 0.2) is 37.0 Å². The van der Waals surface area contributed by atoms with Gasteiger partial charge in [0.15, 0.2) is 0 Å². The Bertz CT molecular complexity index is 518. The smallest absolute Gasteiger partial charge is 0.311 e. The number of esters is 1. The summed E-state index contributed by atoms with van der Waals surface area (Å²) in [6.45, 7) is 16.7. The van der Waals surface area contributed by atoms with Crippen LogP contribution in [0.3, 0.4) is 0 Å². The van der Waals surface area contributed by atoms with Crippen LogP contribution in [0.1, 0.15) is 58.8 Å². The second-order valence-electron chi connectivity index (χ2n) is 7.97. The summed E-state index contributed by atoms with van der Waals surface area (Å²) in [5.74, 6) is 0.807. The third-order valence-corrected chi connectivity index (χ3v) is 6.71. The van der Waals surface area contributed by atoms with Gasteiger partial charge in [0, 0.05) is 0 Å². The molecule has 0 aromatic carbocycles. The van der Waals surface area contributed by atoms with E-state index in [0.29, 0.717) is 11.8 Å². The van der Waals surface area contributed by atoms with E-state index in [1.165, 1.54) is 19.1 Å². The summed E-state index contributed by atoms with van der Waals surface area (Å²) in [6.07, 6.45) is 9.17. The highest BCUT2D eigenvalue weighted by atomic mass is 16.5. The van der Waals surface area contributed by atoms with E-state index in [0.717, 1.165) is 44.1 Å². The third-order valence-electron chi connectivity index (χ3n) is 6.71. The van der Waals surface area contributed by atoms with Gasteiger partial charge in [0.25, 0.3) is 0 Å². The van der Waals surface area contributed by atoms with Crippen LogP contribution in [0.4, 0.5) is 0 Å². The average Bonchev–Trinajstić information content (AvgIpc) is 2.52. The zero-order valence-corrected chi connectivity index (χ0v) is 15.1. The standard InChI is InChI=1S/C21H32O2/c1-7-15(2)9-11-17-16(3)10-12-18-20(17,4)13-8-14-21(18,5)19(22)23-6/h7,17-18H,1-3,8-14H2,4-6H3/t17-,18+,20+,21-/m0/s1. The normalized spacial score (nSPS) is 36.9. The topological polar surface area (TPSA) is 26.3 Å². The molecule has 23 heavy (non-hydrogen) atoms. The van der Waals surface area contributed by atoms with Gasteiger partial charge in [-0.3, -0.25) is 4.79 Å². The van der Waals surface area contributed by atoms with E-state index in [4.69, 9.17) is 4.74 Å². The first-order chi connectivity index (χ1) is 10.8. The minimum atomic E-state index is -0.351. The van der Waals surface area contributed by atoms with E-state index in [-0.39, 0.29) is 16.8 Å². The lowest BCUT2D eigenvalue weighted by molar-refractivity contribution is -0.168. The van der Waals surface area contributed by atoms with Crippen LogP contribution in [0.25, 0.3) is 0 Å². The third kappa shape index (κ3) is 3.05. The molecule has 0 heterocycles. The Kier molecular flexibility index (Phi) is 5.23. The second-order valence-corrected chi connectivity index (χ2v) is 7.97. The molecule has 0 bridgehead atoms. The zero-order chi connectivity index (χ0) is 17.3. The monoisotopic (exact) mass is 316 g/mol. The van der Waals surface area contributed by atoms with E-state index < -0.39 is 0 Å². The lowest BCUT2D eigenvalue weighted by Gasteiger charge is -2.57. The number of carbonyl (C=O) groups is 1. The van der Waals surface area contributed by atoms with Gasteiger partial charge in [0.2, 0.25) is 0 Å². The van der Waals surface area contributed by atoms with Crippen molar-refractivity contribution in [3.05, 3.63) is 37.0 Å². The quantitative estimate of drug-likeness (QED) is 0.382. The number of allylic oxidation sites excluding steroid dienone is 3. The van der Waals surface area contributed by atoms with Crippen LogP contribution >= 0.6 is 0 Å². The highest BCUT2D eigenvalue weighted by Gasteiger charge is 2.57. The Balaban J connectivity index is 2.31. The van der Waals surface area contributed by atoms with Crippen molar-refractivity contribution in [1.82, 2.24) is 0 Å². The summed E-state index contributed by atoms with van der Waals surface area (Å²) in [5.41, 5.74) is 2.23. The fraction of sp³-hybridized carbons (Fsp3) is 0.667. The van der Waals surface area contributed by atoms with Gasteiger partial charge in [0.05, 0.1) is 12.5 Å². The van der Waals surface area contributed by atoms with Gasteiger partial charge >= 0.3 is 5.97 Å². The van der Waals surface area contributed by atoms with Crippen LogP contribution in [0.2, 0.25) is 0 Å². The van der Waals surface area contributed by atoms with Crippen molar-refractivity contribution in [1.29, 1.82) is 0 Å². The Hall–Kier alpha value is -1.31. The molecule has 0 aromatic heterocycles. The van der Waals surface area contributed by atoms with Crippen molar-refractivity contribution >= 4 is 5.97 Å². The van der Waals surface area contributed by atoms with Gasteiger partial charge in [-0.2, -0.15) is 0 Å². The number of ether oxygens (including phenoxy) is 1. The van der Waals surface area contributed by atoms with Crippen LogP contribution in [-0.4, -0.2) is 13.1 Å². The van der Waals surface area contributed by atoms with E-state index in [1.807, 2.05) is 6.08 Å². The molecule has 128 valence electrons. The molecule has 0 aromatic rings. The molecule has 0 spiro atoms. The molecule has 2 aliphatic rings. The van der Waals surface area contributed by atoms with Crippen molar-refractivity contribution in [2.45, 2.75) is 58.8 Å². The summed E-state index contributed by atoms with van der Waals surface area (Å²) in [5, 5.41) is 0. The fourth-order valence-electron chi connectivity index (χ4n) is 5.39. The molecule has 0 saturated heterocycles. The van der Waals surface area contributed by atoms with Gasteiger partial charge in [-0.05, 0) is 62.7 Å². The molecule has 0 N–H and O–H groups in total. The molecular weight excluding hydrogens is 284 g/mol. The molecule has 4 atom stereocenters. The molecule has 2 rings (SSSR count). The molecule has 2 nitrogen and oxygen atoms in total. The minimum absolute atomic E-state index is 0.0322. The number of hydrogen-bond donors (Lipinski definition) is 0. The first-order valence-corrected chi connectivity index (χ1v) is 8.86. The number of hydrogen-bond acceptors (Lipinski definition) is 2. The maximum Gasteiger partial charge on any atom is 0.311 e. The molecule has 0 unspecified atom stereocenters. The van der Waals surface area contributed by atoms with Crippen LogP contribution in [-0.2, 0) is 9.53 Å². The van der Waals surface area contributed by atoms with Gasteiger partial charge in [-0.25, -0.2) is 0 Å². The highest BCUT2D eigenvalue weighted by Crippen LogP contribution is 2.62. The summed E-state index contributed by atoms with van der Waals surface area (Å²) < 4.78 is 5.18. The van der Waals surface area contributed by atoms with Gasteiger partial charge in [-0.15, -0.1) is 0 Å². The average molecular weight is 316 g/mol.